The first-order valence-corrected chi connectivity index (χ1v) is 9.61. The SMILES string of the molecule is COc1cccc(CN2C[C@@H]3CCCN3C[C@H]2Cc2ccccc2)c1O. The molecule has 2 atom stereocenters. The number of phenolic OH excluding ortho intramolecular Hbond substituents is 1. The number of rotatable bonds is 5. The molecule has 0 amide bonds. The molecular weight excluding hydrogens is 324 g/mol. The Balaban J connectivity index is 1.56. The van der Waals surface area contributed by atoms with Gasteiger partial charge in [0.25, 0.3) is 0 Å². The summed E-state index contributed by atoms with van der Waals surface area (Å²) in [5.74, 6) is 0.837. The number of para-hydroxylation sites is 1. The Morgan fingerprint density at radius 2 is 1.92 bits per heavy atom. The first-order valence-electron chi connectivity index (χ1n) is 9.61. The van der Waals surface area contributed by atoms with Gasteiger partial charge in [-0.15, -0.1) is 0 Å². The van der Waals surface area contributed by atoms with Crippen LogP contribution in [0.1, 0.15) is 24.0 Å². The van der Waals surface area contributed by atoms with Crippen LogP contribution >= 0.6 is 0 Å². The van der Waals surface area contributed by atoms with Crippen molar-refractivity contribution < 1.29 is 9.84 Å². The summed E-state index contributed by atoms with van der Waals surface area (Å²) in [7, 11) is 1.61. The number of aromatic hydroxyl groups is 1. The molecule has 0 spiro atoms. The molecule has 2 aromatic carbocycles. The molecule has 2 fully saturated rings. The quantitative estimate of drug-likeness (QED) is 0.896. The molecule has 2 aliphatic heterocycles. The summed E-state index contributed by atoms with van der Waals surface area (Å²) in [5, 5.41) is 10.5. The maximum Gasteiger partial charge on any atom is 0.162 e. The van der Waals surface area contributed by atoms with Gasteiger partial charge >= 0.3 is 0 Å². The number of ether oxygens (including phenoxy) is 1. The number of hydrogen-bond donors (Lipinski definition) is 1. The zero-order valence-electron chi connectivity index (χ0n) is 15.5. The molecule has 0 aliphatic carbocycles. The Morgan fingerprint density at radius 1 is 1.08 bits per heavy atom. The highest BCUT2D eigenvalue weighted by Gasteiger charge is 2.36. The van der Waals surface area contributed by atoms with Gasteiger partial charge in [-0.3, -0.25) is 9.80 Å². The van der Waals surface area contributed by atoms with Crippen LogP contribution in [0.25, 0.3) is 0 Å². The molecule has 0 unspecified atom stereocenters. The van der Waals surface area contributed by atoms with Gasteiger partial charge in [0.1, 0.15) is 0 Å². The van der Waals surface area contributed by atoms with Crippen LogP contribution in [0.2, 0.25) is 0 Å². The predicted octanol–water partition coefficient (Wildman–Crippen LogP) is 3.29. The van der Waals surface area contributed by atoms with Crippen LogP contribution in [-0.4, -0.2) is 53.7 Å². The standard InChI is InChI=1S/C22H28N2O2/c1-26-21-11-5-9-18(22(21)25)14-24-15-19-10-6-12-23(19)16-20(24)13-17-7-3-2-4-8-17/h2-5,7-9,11,19-20,25H,6,10,12-16H2,1H3/t19-,20+/m0/s1. The van der Waals surface area contributed by atoms with Gasteiger partial charge in [-0.2, -0.15) is 0 Å². The Hall–Kier alpha value is -2.04. The van der Waals surface area contributed by atoms with Crippen LogP contribution in [0.5, 0.6) is 11.5 Å². The average molecular weight is 352 g/mol. The van der Waals surface area contributed by atoms with Crippen molar-refractivity contribution in [2.75, 3.05) is 26.7 Å². The van der Waals surface area contributed by atoms with Gasteiger partial charge in [-0.25, -0.2) is 0 Å². The van der Waals surface area contributed by atoms with E-state index in [9.17, 15) is 5.11 Å². The van der Waals surface area contributed by atoms with Gasteiger partial charge in [-0.05, 0) is 37.4 Å². The van der Waals surface area contributed by atoms with Crippen LogP contribution in [0.4, 0.5) is 0 Å². The van der Waals surface area contributed by atoms with Crippen molar-refractivity contribution in [2.24, 2.45) is 0 Å². The van der Waals surface area contributed by atoms with Crippen LogP contribution < -0.4 is 4.74 Å². The highest BCUT2D eigenvalue weighted by atomic mass is 16.5. The van der Waals surface area contributed by atoms with Crippen molar-refractivity contribution in [1.82, 2.24) is 9.80 Å². The zero-order valence-corrected chi connectivity index (χ0v) is 15.5. The second-order valence-corrected chi connectivity index (χ2v) is 7.53. The lowest BCUT2D eigenvalue weighted by atomic mass is 9.99. The maximum absolute atomic E-state index is 10.5. The number of fused-ring (bicyclic) bond motifs is 1. The molecule has 2 aliphatic rings. The summed E-state index contributed by atoms with van der Waals surface area (Å²) in [6.45, 7) is 4.19. The molecule has 2 heterocycles. The first kappa shape index (κ1) is 17.4. The van der Waals surface area contributed by atoms with E-state index < -0.39 is 0 Å². The number of hydrogen-bond acceptors (Lipinski definition) is 4. The first-order chi connectivity index (χ1) is 12.7. The molecule has 2 saturated heterocycles. The number of benzene rings is 2. The Bertz CT molecular complexity index is 734. The fourth-order valence-electron chi connectivity index (χ4n) is 4.50. The largest absolute Gasteiger partial charge is 0.504 e. The second kappa shape index (κ2) is 7.68. The lowest BCUT2D eigenvalue weighted by Crippen LogP contribution is -2.56. The molecule has 1 N–H and O–H groups in total. The zero-order chi connectivity index (χ0) is 17.9. The van der Waals surface area contributed by atoms with Crippen molar-refractivity contribution in [1.29, 1.82) is 0 Å². The predicted molar refractivity (Wildman–Crippen MR) is 104 cm³/mol. The van der Waals surface area contributed by atoms with Gasteiger partial charge in [0.05, 0.1) is 7.11 Å². The van der Waals surface area contributed by atoms with Crippen molar-refractivity contribution >= 4 is 0 Å². The summed E-state index contributed by atoms with van der Waals surface area (Å²) in [6.07, 6.45) is 3.65. The molecule has 4 heteroatoms. The Morgan fingerprint density at radius 3 is 2.73 bits per heavy atom. The molecule has 4 rings (SSSR count). The van der Waals surface area contributed by atoms with E-state index in [0.29, 0.717) is 17.8 Å². The highest BCUT2D eigenvalue weighted by molar-refractivity contribution is 5.45. The van der Waals surface area contributed by atoms with E-state index in [1.807, 2.05) is 18.2 Å². The smallest absolute Gasteiger partial charge is 0.162 e. The van der Waals surface area contributed by atoms with Crippen LogP contribution in [-0.2, 0) is 13.0 Å². The Kier molecular flexibility index (Phi) is 5.14. The third-order valence-corrected chi connectivity index (χ3v) is 5.90. The van der Waals surface area contributed by atoms with E-state index in [1.54, 1.807) is 7.11 Å². The summed E-state index contributed by atoms with van der Waals surface area (Å²) in [4.78, 5) is 5.23. The van der Waals surface area contributed by atoms with E-state index in [1.165, 1.54) is 24.9 Å². The van der Waals surface area contributed by atoms with Crippen molar-refractivity contribution in [3.8, 4) is 11.5 Å². The van der Waals surface area contributed by atoms with Gasteiger partial charge in [-0.1, -0.05) is 42.5 Å². The highest BCUT2D eigenvalue weighted by Crippen LogP contribution is 2.33. The molecule has 26 heavy (non-hydrogen) atoms. The van der Waals surface area contributed by atoms with Gasteiger partial charge in [0, 0.05) is 37.3 Å². The van der Waals surface area contributed by atoms with Gasteiger partial charge in [0.2, 0.25) is 0 Å². The summed E-state index contributed by atoms with van der Waals surface area (Å²) in [6, 6.07) is 17.7. The van der Waals surface area contributed by atoms with E-state index in [4.69, 9.17) is 4.74 Å². The maximum atomic E-state index is 10.5. The van der Waals surface area contributed by atoms with E-state index in [0.717, 1.165) is 31.6 Å². The summed E-state index contributed by atoms with van der Waals surface area (Å²) >= 11 is 0. The van der Waals surface area contributed by atoms with Crippen molar-refractivity contribution in [2.45, 2.75) is 37.9 Å². The Labute approximate surface area is 156 Å². The monoisotopic (exact) mass is 352 g/mol. The number of phenols is 1. The summed E-state index contributed by atoms with van der Waals surface area (Å²) in [5.41, 5.74) is 2.34. The number of piperazine rings is 1. The molecule has 0 saturated carbocycles. The minimum atomic E-state index is 0.280. The van der Waals surface area contributed by atoms with E-state index >= 15 is 0 Å². The van der Waals surface area contributed by atoms with E-state index in [-0.39, 0.29) is 5.75 Å². The van der Waals surface area contributed by atoms with Crippen LogP contribution in [0.3, 0.4) is 0 Å². The number of methoxy groups -OCH3 is 1. The van der Waals surface area contributed by atoms with Crippen LogP contribution in [0.15, 0.2) is 48.5 Å². The summed E-state index contributed by atoms with van der Waals surface area (Å²) < 4.78 is 5.29. The average Bonchev–Trinajstić information content (AvgIpc) is 3.11. The fraction of sp³-hybridized carbons (Fsp3) is 0.455. The second-order valence-electron chi connectivity index (χ2n) is 7.53. The normalized spacial score (nSPS) is 23.7. The third-order valence-electron chi connectivity index (χ3n) is 5.90. The minimum Gasteiger partial charge on any atom is -0.504 e. The van der Waals surface area contributed by atoms with Gasteiger partial charge < -0.3 is 9.84 Å². The van der Waals surface area contributed by atoms with Crippen LogP contribution in [0, 0.1) is 0 Å². The molecule has 2 aromatic rings. The molecule has 4 nitrogen and oxygen atoms in total. The molecule has 0 bridgehead atoms. The topological polar surface area (TPSA) is 35.9 Å². The minimum absolute atomic E-state index is 0.280. The lowest BCUT2D eigenvalue weighted by molar-refractivity contribution is 0.0450. The van der Waals surface area contributed by atoms with Crippen molar-refractivity contribution in [3.05, 3.63) is 59.7 Å². The van der Waals surface area contributed by atoms with E-state index in [2.05, 4.69) is 40.1 Å². The molecule has 0 radical (unpaired) electrons. The lowest BCUT2D eigenvalue weighted by Gasteiger charge is -2.44. The molecular formula is C22H28N2O2. The van der Waals surface area contributed by atoms with Gasteiger partial charge in [0.15, 0.2) is 11.5 Å². The molecule has 138 valence electrons. The fourth-order valence-corrected chi connectivity index (χ4v) is 4.50. The number of nitrogens with zero attached hydrogens (tertiary/aromatic N) is 2. The third kappa shape index (κ3) is 3.57. The van der Waals surface area contributed by atoms with Crippen molar-refractivity contribution in [3.63, 3.8) is 0 Å². The molecule has 0 aromatic heterocycles.